The van der Waals surface area contributed by atoms with Crippen LogP contribution in [-0.4, -0.2) is 37.2 Å². The fourth-order valence-corrected chi connectivity index (χ4v) is 3.10. The number of hydrogen-bond acceptors (Lipinski definition) is 4. The lowest BCUT2D eigenvalue weighted by molar-refractivity contribution is 0.0507. The predicted octanol–water partition coefficient (Wildman–Crippen LogP) is 3.10. The Morgan fingerprint density at radius 2 is 2.12 bits per heavy atom. The first kappa shape index (κ1) is 17.3. The Balaban J connectivity index is 1.81. The van der Waals surface area contributed by atoms with Crippen LogP contribution in [0.5, 0.6) is 5.75 Å². The number of ether oxygens (including phenoxy) is 2. The molecule has 1 aliphatic rings. The quantitative estimate of drug-likeness (QED) is 0.821. The molecule has 1 aliphatic heterocycles. The van der Waals surface area contributed by atoms with Gasteiger partial charge in [0.05, 0.1) is 13.2 Å². The largest absolute Gasteiger partial charge is 0.497 e. The molecule has 2 aromatic rings. The molecule has 0 unspecified atom stereocenters. The topological polar surface area (TPSA) is 64.8 Å². The van der Waals surface area contributed by atoms with E-state index < -0.39 is 0 Å². The first-order valence-electron chi connectivity index (χ1n) is 8.55. The van der Waals surface area contributed by atoms with E-state index >= 15 is 0 Å². The fourth-order valence-electron chi connectivity index (χ4n) is 3.10. The van der Waals surface area contributed by atoms with Crippen LogP contribution in [0.4, 0.5) is 5.69 Å². The van der Waals surface area contributed by atoms with Crippen LogP contribution in [0.3, 0.4) is 0 Å². The van der Waals surface area contributed by atoms with Gasteiger partial charge >= 0.3 is 0 Å². The van der Waals surface area contributed by atoms with Crippen LogP contribution in [0.25, 0.3) is 0 Å². The van der Waals surface area contributed by atoms with Gasteiger partial charge in [-0.25, -0.2) is 0 Å². The Kier molecular flexibility index (Phi) is 5.56. The zero-order chi connectivity index (χ0) is 17.6. The third kappa shape index (κ3) is 4.51. The summed E-state index contributed by atoms with van der Waals surface area (Å²) < 4.78 is 11.0. The van der Waals surface area contributed by atoms with E-state index in [-0.39, 0.29) is 12.0 Å². The lowest BCUT2D eigenvalue weighted by Crippen LogP contribution is -2.37. The normalized spacial score (nSPS) is 16.6. The molecule has 2 aromatic carbocycles. The molecular weight excluding hydrogens is 316 g/mol. The van der Waals surface area contributed by atoms with Gasteiger partial charge in [-0.05, 0) is 48.7 Å². The van der Waals surface area contributed by atoms with E-state index in [2.05, 4.69) is 0 Å². The van der Waals surface area contributed by atoms with Crippen LogP contribution < -0.4 is 10.5 Å². The zero-order valence-corrected chi connectivity index (χ0v) is 14.5. The highest BCUT2D eigenvalue weighted by Gasteiger charge is 2.24. The summed E-state index contributed by atoms with van der Waals surface area (Å²) in [5.74, 6) is 0.747. The SMILES string of the molecule is COc1cccc(CN(C[C@H]2CCCO2)C(=O)c2cccc(N)c2)c1. The summed E-state index contributed by atoms with van der Waals surface area (Å²) in [7, 11) is 1.64. The predicted molar refractivity (Wildman–Crippen MR) is 97.6 cm³/mol. The fraction of sp³-hybridized carbons (Fsp3) is 0.350. The molecule has 1 fully saturated rings. The maximum Gasteiger partial charge on any atom is 0.254 e. The molecule has 5 nitrogen and oxygen atoms in total. The van der Waals surface area contributed by atoms with E-state index in [9.17, 15) is 4.79 Å². The van der Waals surface area contributed by atoms with Crippen molar-refractivity contribution in [3.8, 4) is 5.75 Å². The Morgan fingerprint density at radius 1 is 1.28 bits per heavy atom. The summed E-state index contributed by atoms with van der Waals surface area (Å²) in [4.78, 5) is 14.9. The molecule has 25 heavy (non-hydrogen) atoms. The van der Waals surface area contributed by atoms with E-state index in [4.69, 9.17) is 15.2 Å². The van der Waals surface area contributed by atoms with Crippen LogP contribution in [-0.2, 0) is 11.3 Å². The molecule has 0 aromatic heterocycles. The molecule has 1 saturated heterocycles. The van der Waals surface area contributed by atoms with Crippen molar-refractivity contribution in [2.75, 3.05) is 26.0 Å². The van der Waals surface area contributed by atoms with Gasteiger partial charge in [-0.3, -0.25) is 4.79 Å². The van der Waals surface area contributed by atoms with Crippen LogP contribution in [0, 0.1) is 0 Å². The molecule has 2 N–H and O–H groups in total. The number of nitrogen functional groups attached to an aromatic ring is 1. The number of rotatable bonds is 6. The summed E-state index contributed by atoms with van der Waals surface area (Å²) in [5, 5.41) is 0. The van der Waals surface area contributed by atoms with Crippen molar-refractivity contribution < 1.29 is 14.3 Å². The number of methoxy groups -OCH3 is 1. The third-order valence-corrected chi connectivity index (χ3v) is 4.38. The minimum atomic E-state index is -0.0365. The van der Waals surface area contributed by atoms with Crippen molar-refractivity contribution in [3.63, 3.8) is 0 Å². The van der Waals surface area contributed by atoms with E-state index in [1.165, 1.54) is 0 Å². The lowest BCUT2D eigenvalue weighted by atomic mass is 10.1. The summed E-state index contributed by atoms with van der Waals surface area (Å²) in [6.45, 7) is 1.85. The molecule has 0 aliphatic carbocycles. The van der Waals surface area contributed by atoms with E-state index in [0.717, 1.165) is 30.8 Å². The highest BCUT2D eigenvalue weighted by atomic mass is 16.5. The lowest BCUT2D eigenvalue weighted by Gasteiger charge is -2.26. The monoisotopic (exact) mass is 340 g/mol. The third-order valence-electron chi connectivity index (χ3n) is 4.38. The Hall–Kier alpha value is -2.53. The number of amides is 1. The van der Waals surface area contributed by atoms with Crippen molar-refractivity contribution >= 4 is 11.6 Å². The van der Waals surface area contributed by atoms with Crippen LogP contribution in [0.2, 0.25) is 0 Å². The summed E-state index contributed by atoms with van der Waals surface area (Å²) in [6, 6.07) is 14.9. The zero-order valence-electron chi connectivity index (χ0n) is 14.5. The van der Waals surface area contributed by atoms with Gasteiger partial charge in [-0.2, -0.15) is 0 Å². The number of benzene rings is 2. The average molecular weight is 340 g/mol. The van der Waals surface area contributed by atoms with E-state index in [1.54, 1.807) is 31.4 Å². The standard InChI is InChI=1S/C20H24N2O3/c1-24-18-8-2-5-15(11-18)13-22(14-19-9-4-10-25-19)20(23)16-6-3-7-17(21)12-16/h2-3,5-8,11-12,19H,4,9-10,13-14,21H2,1H3/t19-/m1/s1. The van der Waals surface area contributed by atoms with Gasteiger partial charge in [0.2, 0.25) is 0 Å². The highest BCUT2D eigenvalue weighted by Crippen LogP contribution is 2.20. The summed E-state index contributed by atoms with van der Waals surface area (Å²) >= 11 is 0. The number of carbonyl (C=O) groups is 1. The van der Waals surface area contributed by atoms with Gasteiger partial charge in [0.25, 0.3) is 5.91 Å². The van der Waals surface area contributed by atoms with Crippen LogP contribution in [0.1, 0.15) is 28.8 Å². The molecule has 0 bridgehead atoms. The molecule has 1 amide bonds. The van der Waals surface area contributed by atoms with Gasteiger partial charge < -0.3 is 20.1 Å². The molecule has 1 atom stereocenters. The van der Waals surface area contributed by atoms with Crippen molar-refractivity contribution in [1.82, 2.24) is 4.90 Å². The molecule has 0 spiro atoms. The Bertz CT molecular complexity index is 726. The highest BCUT2D eigenvalue weighted by molar-refractivity contribution is 5.95. The van der Waals surface area contributed by atoms with Gasteiger partial charge in [0.1, 0.15) is 5.75 Å². The van der Waals surface area contributed by atoms with Crippen molar-refractivity contribution in [3.05, 3.63) is 59.7 Å². The van der Waals surface area contributed by atoms with Gasteiger partial charge in [0.15, 0.2) is 0 Å². The second-order valence-corrected chi connectivity index (χ2v) is 6.30. The maximum atomic E-state index is 13.0. The summed E-state index contributed by atoms with van der Waals surface area (Å²) in [5.41, 5.74) is 8.05. The Labute approximate surface area is 148 Å². The molecule has 5 heteroatoms. The molecule has 0 saturated carbocycles. The number of hydrogen-bond donors (Lipinski definition) is 1. The molecule has 1 heterocycles. The first-order chi connectivity index (χ1) is 12.2. The molecular formula is C20H24N2O3. The van der Waals surface area contributed by atoms with Gasteiger partial charge in [0, 0.05) is 30.9 Å². The van der Waals surface area contributed by atoms with Crippen molar-refractivity contribution in [2.45, 2.75) is 25.5 Å². The van der Waals surface area contributed by atoms with E-state index in [0.29, 0.717) is 24.3 Å². The number of carbonyl (C=O) groups excluding carboxylic acids is 1. The molecule has 3 rings (SSSR count). The van der Waals surface area contributed by atoms with Crippen LogP contribution in [0.15, 0.2) is 48.5 Å². The molecule has 0 radical (unpaired) electrons. The average Bonchev–Trinajstić information content (AvgIpc) is 3.14. The number of nitrogens with zero attached hydrogens (tertiary/aromatic N) is 1. The van der Waals surface area contributed by atoms with Crippen molar-refractivity contribution in [2.24, 2.45) is 0 Å². The minimum Gasteiger partial charge on any atom is -0.497 e. The van der Waals surface area contributed by atoms with E-state index in [1.807, 2.05) is 29.2 Å². The Morgan fingerprint density at radius 3 is 2.84 bits per heavy atom. The first-order valence-corrected chi connectivity index (χ1v) is 8.55. The smallest absolute Gasteiger partial charge is 0.254 e. The number of anilines is 1. The maximum absolute atomic E-state index is 13.0. The molecule has 132 valence electrons. The summed E-state index contributed by atoms with van der Waals surface area (Å²) in [6.07, 6.45) is 2.12. The van der Waals surface area contributed by atoms with Crippen molar-refractivity contribution in [1.29, 1.82) is 0 Å². The number of nitrogens with two attached hydrogens (primary N) is 1. The van der Waals surface area contributed by atoms with Gasteiger partial charge in [-0.15, -0.1) is 0 Å². The van der Waals surface area contributed by atoms with Gasteiger partial charge in [-0.1, -0.05) is 18.2 Å². The second-order valence-electron chi connectivity index (χ2n) is 6.30. The minimum absolute atomic E-state index is 0.0365. The second kappa shape index (κ2) is 8.03. The van der Waals surface area contributed by atoms with Crippen LogP contribution >= 0.6 is 0 Å².